The van der Waals surface area contributed by atoms with Crippen LogP contribution < -0.4 is 11.3 Å². The van der Waals surface area contributed by atoms with Crippen LogP contribution in [0.4, 0.5) is 0 Å². The summed E-state index contributed by atoms with van der Waals surface area (Å²) in [6, 6.07) is 11.8. The molecular formula is C16H18Cl2N2. The van der Waals surface area contributed by atoms with Crippen LogP contribution in [0.3, 0.4) is 0 Å². The van der Waals surface area contributed by atoms with Gasteiger partial charge in [-0.25, -0.2) is 0 Å². The number of hydrogen-bond acceptors (Lipinski definition) is 2. The van der Waals surface area contributed by atoms with Gasteiger partial charge in [0.05, 0.1) is 6.04 Å². The Hall–Kier alpha value is -1.06. The third kappa shape index (κ3) is 3.33. The molecule has 2 nitrogen and oxygen atoms in total. The number of aryl methyl sites for hydroxylation is 1. The summed E-state index contributed by atoms with van der Waals surface area (Å²) in [6.07, 6.45) is 0.719. The predicted molar refractivity (Wildman–Crippen MR) is 86.1 cm³/mol. The lowest BCUT2D eigenvalue weighted by atomic mass is 9.93. The van der Waals surface area contributed by atoms with Crippen molar-refractivity contribution in [3.8, 4) is 0 Å². The molecule has 2 rings (SSSR count). The van der Waals surface area contributed by atoms with Crippen molar-refractivity contribution in [2.45, 2.75) is 26.3 Å². The Morgan fingerprint density at radius 2 is 1.90 bits per heavy atom. The SMILES string of the molecule is Cc1cccc(C(Cc2ccc(Cl)cc2Cl)NN)c1C. The van der Waals surface area contributed by atoms with Crippen LogP contribution in [0.25, 0.3) is 0 Å². The van der Waals surface area contributed by atoms with E-state index in [1.54, 1.807) is 6.07 Å². The zero-order valence-electron chi connectivity index (χ0n) is 11.6. The quantitative estimate of drug-likeness (QED) is 0.650. The lowest BCUT2D eigenvalue weighted by Gasteiger charge is -2.20. The molecule has 106 valence electrons. The smallest absolute Gasteiger partial charge is 0.0503 e. The molecule has 0 spiro atoms. The van der Waals surface area contributed by atoms with Crippen LogP contribution >= 0.6 is 23.2 Å². The fourth-order valence-electron chi connectivity index (χ4n) is 2.32. The molecule has 0 aliphatic heterocycles. The molecule has 0 aliphatic rings. The molecule has 2 aromatic carbocycles. The summed E-state index contributed by atoms with van der Waals surface area (Å²) in [4.78, 5) is 0. The van der Waals surface area contributed by atoms with Crippen molar-refractivity contribution >= 4 is 23.2 Å². The zero-order chi connectivity index (χ0) is 14.7. The highest BCUT2D eigenvalue weighted by Gasteiger charge is 2.15. The first-order valence-corrected chi connectivity index (χ1v) is 7.24. The average molecular weight is 309 g/mol. The van der Waals surface area contributed by atoms with Crippen molar-refractivity contribution in [1.82, 2.24) is 5.43 Å². The molecule has 1 atom stereocenters. The number of benzene rings is 2. The summed E-state index contributed by atoms with van der Waals surface area (Å²) in [6.45, 7) is 4.21. The van der Waals surface area contributed by atoms with Crippen molar-refractivity contribution in [3.05, 3.63) is 68.7 Å². The molecule has 0 saturated heterocycles. The lowest BCUT2D eigenvalue weighted by Crippen LogP contribution is -2.30. The number of nitrogens with one attached hydrogen (secondary N) is 1. The van der Waals surface area contributed by atoms with E-state index >= 15 is 0 Å². The van der Waals surface area contributed by atoms with E-state index in [4.69, 9.17) is 29.0 Å². The van der Waals surface area contributed by atoms with Crippen molar-refractivity contribution in [2.75, 3.05) is 0 Å². The summed E-state index contributed by atoms with van der Waals surface area (Å²) in [5.74, 6) is 5.73. The van der Waals surface area contributed by atoms with Crippen LogP contribution in [-0.2, 0) is 6.42 Å². The van der Waals surface area contributed by atoms with E-state index in [0.29, 0.717) is 10.0 Å². The Bertz CT molecular complexity index is 611. The van der Waals surface area contributed by atoms with E-state index in [2.05, 4.69) is 31.4 Å². The van der Waals surface area contributed by atoms with Gasteiger partial charge in [-0.15, -0.1) is 0 Å². The van der Waals surface area contributed by atoms with Gasteiger partial charge in [-0.2, -0.15) is 0 Å². The van der Waals surface area contributed by atoms with Gasteiger partial charge in [-0.1, -0.05) is 47.5 Å². The maximum Gasteiger partial charge on any atom is 0.0503 e. The molecule has 0 radical (unpaired) electrons. The number of hydrogen-bond donors (Lipinski definition) is 2. The largest absolute Gasteiger partial charge is 0.271 e. The fourth-order valence-corrected chi connectivity index (χ4v) is 2.80. The highest BCUT2D eigenvalue weighted by atomic mass is 35.5. The number of rotatable bonds is 4. The summed E-state index contributed by atoms with van der Waals surface area (Å²) in [7, 11) is 0. The molecule has 20 heavy (non-hydrogen) atoms. The summed E-state index contributed by atoms with van der Waals surface area (Å²) >= 11 is 12.2. The number of nitrogens with two attached hydrogens (primary N) is 1. The van der Waals surface area contributed by atoms with Crippen molar-refractivity contribution in [1.29, 1.82) is 0 Å². The van der Waals surface area contributed by atoms with Crippen LogP contribution in [-0.4, -0.2) is 0 Å². The minimum Gasteiger partial charge on any atom is -0.271 e. The van der Waals surface area contributed by atoms with Crippen LogP contribution in [0.5, 0.6) is 0 Å². The molecule has 0 amide bonds. The molecule has 3 N–H and O–H groups in total. The second-order valence-electron chi connectivity index (χ2n) is 4.95. The average Bonchev–Trinajstić information content (AvgIpc) is 2.42. The maximum atomic E-state index is 6.24. The number of hydrazine groups is 1. The van der Waals surface area contributed by atoms with Crippen molar-refractivity contribution in [2.24, 2.45) is 5.84 Å². The topological polar surface area (TPSA) is 38.0 Å². The first kappa shape index (κ1) is 15.3. The minimum atomic E-state index is 0.0218. The molecule has 0 bridgehead atoms. The van der Waals surface area contributed by atoms with Gasteiger partial charge in [0.1, 0.15) is 0 Å². The third-order valence-electron chi connectivity index (χ3n) is 3.66. The zero-order valence-corrected chi connectivity index (χ0v) is 13.1. The van der Waals surface area contributed by atoms with Gasteiger partial charge in [-0.3, -0.25) is 11.3 Å². The Morgan fingerprint density at radius 3 is 2.55 bits per heavy atom. The molecule has 0 aromatic heterocycles. The molecule has 4 heteroatoms. The van der Waals surface area contributed by atoms with E-state index < -0.39 is 0 Å². The Balaban J connectivity index is 2.31. The minimum absolute atomic E-state index is 0.0218. The van der Waals surface area contributed by atoms with E-state index in [0.717, 1.165) is 12.0 Å². The fraction of sp³-hybridized carbons (Fsp3) is 0.250. The molecule has 2 aromatic rings. The van der Waals surface area contributed by atoms with Gasteiger partial charge in [0, 0.05) is 10.0 Å². The van der Waals surface area contributed by atoms with Gasteiger partial charge in [0.2, 0.25) is 0 Å². The van der Waals surface area contributed by atoms with E-state index in [1.807, 2.05) is 18.2 Å². The molecule has 0 saturated carbocycles. The molecule has 1 unspecified atom stereocenters. The molecular weight excluding hydrogens is 291 g/mol. The Morgan fingerprint density at radius 1 is 1.15 bits per heavy atom. The molecule has 0 fully saturated rings. The van der Waals surface area contributed by atoms with Crippen LogP contribution in [0.2, 0.25) is 10.0 Å². The van der Waals surface area contributed by atoms with Gasteiger partial charge in [-0.05, 0) is 54.7 Å². The van der Waals surface area contributed by atoms with Crippen molar-refractivity contribution < 1.29 is 0 Å². The second kappa shape index (κ2) is 6.59. The summed E-state index contributed by atoms with van der Waals surface area (Å²) in [5, 5.41) is 1.31. The predicted octanol–water partition coefficient (Wildman–Crippen LogP) is 4.36. The van der Waals surface area contributed by atoms with Gasteiger partial charge in [0.15, 0.2) is 0 Å². The van der Waals surface area contributed by atoms with E-state index in [9.17, 15) is 0 Å². The van der Waals surface area contributed by atoms with E-state index in [-0.39, 0.29) is 6.04 Å². The van der Waals surface area contributed by atoms with Gasteiger partial charge in [0.25, 0.3) is 0 Å². The monoisotopic (exact) mass is 308 g/mol. The first-order valence-electron chi connectivity index (χ1n) is 6.49. The highest BCUT2D eigenvalue weighted by molar-refractivity contribution is 6.35. The first-order chi connectivity index (χ1) is 9.52. The maximum absolute atomic E-state index is 6.24. The standard InChI is InChI=1S/C16H18Cl2N2/c1-10-4-3-5-14(11(10)2)16(20-19)8-12-6-7-13(17)9-15(12)18/h3-7,9,16,20H,8,19H2,1-2H3. The van der Waals surface area contributed by atoms with Crippen molar-refractivity contribution in [3.63, 3.8) is 0 Å². The summed E-state index contributed by atoms with van der Waals surface area (Å²) < 4.78 is 0. The molecule has 0 heterocycles. The normalized spacial score (nSPS) is 12.4. The lowest BCUT2D eigenvalue weighted by molar-refractivity contribution is 0.549. The van der Waals surface area contributed by atoms with E-state index in [1.165, 1.54) is 16.7 Å². The Labute approximate surface area is 129 Å². The number of halogens is 2. The second-order valence-corrected chi connectivity index (χ2v) is 5.79. The van der Waals surface area contributed by atoms with Gasteiger partial charge >= 0.3 is 0 Å². The Kier molecular flexibility index (Phi) is 5.06. The van der Waals surface area contributed by atoms with Crippen LogP contribution in [0.1, 0.15) is 28.3 Å². The highest BCUT2D eigenvalue weighted by Crippen LogP contribution is 2.28. The van der Waals surface area contributed by atoms with Gasteiger partial charge < -0.3 is 0 Å². The third-order valence-corrected chi connectivity index (χ3v) is 4.25. The van der Waals surface area contributed by atoms with Crippen LogP contribution in [0, 0.1) is 13.8 Å². The molecule has 0 aliphatic carbocycles. The summed E-state index contributed by atoms with van der Waals surface area (Å²) in [5.41, 5.74) is 7.61. The van der Waals surface area contributed by atoms with Crippen LogP contribution in [0.15, 0.2) is 36.4 Å².